The van der Waals surface area contributed by atoms with Crippen LogP contribution in [0.2, 0.25) is 0 Å². The number of thiophene rings is 1. The molecule has 2 N–H and O–H groups in total. The van der Waals surface area contributed by atoms with Gasteiger partial charge in [0.25, 0.3) is 0 Å². The minimum absolute atomic E-state index is 0.336. The van der Waals surface area contributed by atoms with Gasteiger partial charge in [-0.3, -0.25) is 5.10 Å². The fraction of sp³-hybridized carbons (Fsp3) is 0.269. The monoisotopic (exact) mass is 503 g/mol. The molecule has 1 atom stereocenters. The van der Waals surface area contributed by atoms with Crippen LogP contribution in [0.1, 0.15) is 6.92 Å². The number of nitrogens with one attached hydrogen (secondary N) is 1. The Balaban J connectivity index is 1.48. The summed E-state index contributed by atoms with van der Waals surface area (Å²) in [6, 6.07) is 16.7. The summed E-state index contributed by atoms with van der Waals surface area (Å²) in [5.41, 5.74) is 4.03. The summed E-state index contributed by atoms with van der Waals surface area (Å²) in [5.74, 6) is 2.34. The first-order valence-corrected chi connectivity index (χ1v) is 13.4. The first kappa shape index (κ1) is 22.5. The molecule has 0 spiro atoms. The molecule has 5 aromatic rings. The average Bonchev–Trinajstić information content (AvgIpc) is 3.55. The third-order valence-corrected chi connectivity index (χ3v) is 8.41. The van der Waals surface area contributed by atoms with E-state index in [1.54, 1.807) is 23.1 Å². The molecule has 9 heteroatoms. The largest absolute Gasteiger partial charge is 0.393 e. The number of aliphatic hydroxyl groups is 1. The van der Waals surface area contributed by atoms with Crippen LogP contribution < -0.4 is 4.90 Å². The van der Waals surface area contributed by atoms with E-state index in [1.807, 2.05) is 25.3 Å². The van der Waals surface area contributed by atoms with Crippen LogP contribution in [0, 0.1) is 0 Å². The summed E-state index contributed by atoms with van der Waals surface area (Å²) in [4.78, 5) is 14.7. The van der Waals surface area contributed by atoms with E-state index in [4.69, 9.17) is 14.7 Å². The van der Waals surface area contributed by atoms with Crippen molar-refractivity contribution in [2.75, 3.05) is 37.0 Å². The van der Waals surface area contributed by atoms with Gasteiger partial charge in [-0.2, -0.15) is 5.10 Å². The molecule has 0 aliphatic carbocycles. The second kappa shape index (κ2) is 9.58. The first-order valence-electron chi connectivity index (χ1n) is 11.6. The molecule has 178 valence electrons. The van der Waals surface area contributed by atoms with Gasteiger partial charge in [-0.05, 0) is 36.8 Å². The molecular formula is C26H25N5O2S2. The number of H-pyrrole nitrogens is 1. The van der Waals surface area contributed by atoms with Crippen molar-refractivity contribution in [1.82, 2.24) is 20.2 Å². The lowest BCUT2D eigenvalue weighted by Crippen LogP contribution is -2.36. The number of thioether (sulfide) groups is 1. The Hall–Kier alpha value is -2.98. The van der Waals surface area contributed by atoms with Gasteiger partial charge in [0.2, 0.25) is 0 Å². The number of hydrogen-bond donors (Lipinski definition) is 2. The predicted octanol–water partition coefficient (Wildman–Crippen LogP) is 5.21. The van der Waals surface area contributed by atoms with Crippen molar-refractivity contribution < 1.29 is 9.84 Å². The molecule has 0 bridgehead atoms. The van der Waals surface area contributed by atoms with Gasteiger partial charge in [0, 0.05) is 39.6 Å². The highest BCUT2D eigenvalue weighted by molar-refractivity contribution is 7.99. The van der Waals surface area contributed by atoms with Gasteiger partial charge in [0.1, 0.15) is 0 Å². The molecule has 1 aliphatic rings. The number of aliphatic hydroxyl groups excluding tert-OH is 1. The lowest BCUT2D eigenvalue weighted by atomic mass is 10.1. The van der Waals surface area contributed by atoms with E-state index in [9.17, 15) is 5.11 Å². The molecular weight excluding hydrogens is 478 g/mol. The van der Waals surface area contributed by atoms with Crippen molar-refractivity contribution in [2.45, 2.75) is 17.9 Å². The Kier molecular flexibility index (Phi) is 6.15. The predicted molar refractivity (Wildman–Crippen MR) is 143 cm³/mol. The first-order chi connectivity index (χ1) is 17.2. The molecule has 4 heterocycles. The number of benzene rings is 2. The number of fused-ring (bicyclic) bond motifs is 2. The summed E-state index contributed by atoms with van der Waals surface area (Å²) in [6.45, 7) is 4.81. The third-order valence-electron chi connectivity index (χ3n) is 6.00. The van der Waals surface area contributed by atoms with E-state index >= 15 is 0 Å². The maximum Gasteiger partial charge on any atom is 0.162 e. The molecule has 0 radical (unpaired) electrons. The van der Waals surface area contributed by atoms with E-state index < -0.39 is 0 Å². The SMILES string of the molecule is CC(O)CSc1cccc(-c2cc3nc(-c4cccc5[nH]ncc45)nc(N4CCOCC4)c3s2)c1. The van der Waals surface area contributed by atoms with Gasteiger partial charge < -0.3 is 14.7 Å². The van der Waals surface area contributed by atoms with Crippen LogP contribution in [-0.4, -0.2) is 63.4 Å². The third kappa shape index (κ3) is 4.52. The van der Waals surface area contributed by atoms with Gasteiger partial charge in [-0.1, -0.05) is 24.3 Å². The fourth-order valence-electron chi connectivity index (χ4n) is 4.29. The maximum absolute atomic E-state index is 9.67. The minimum atomic E-state index is -0.336. The Morgan fingerprint density at radius 3 is 2.86 bits per heavy atom. The highest BCUT2D eigenvalue weighted by atomic mass is 32.2. The van der Waals surface area contributed by atoms with Gasteiger partial charge in [-0.15, -0.1) is 23.1 Å². The number of aromatic amines is 1. The molecule has 7 nitrogen and oxygen atoms in total. The minimum Gasteiger partial charge on any atom is -0.393 e. The van der Waals surface area contributed by atoms with Crippen molar-refractivity contribution in [3.05, 3.63) is 54.7 Å². The maximum atomic E-state index is 9.67. The van der Waals surface area contributed by atoms with Gasteiger partial charge in [0.15, 0.2) is 11.6 Å². The second-order valence-electron chi connectivity index (χ2n) is 8.62. The van der Waals surface area contributed by atoms with Crippen LogP contribution in [0.3, 0.4) is 0 Å². The molecule has 0 amide bonds. The van der Waals surface area contributed by atoms with Crippen LogP contribution in [0.5, 0.6) is 0 Å². The lowest BCUT2D eigenvalue weighted by Gasteiger charge is -2.28. The smallest absolute Gasteiger partial charge is 0.162 e. The van der Waals surface area contributed by atoms with E-state index in [0.29, 0.717) is 24.8 Å². The van der Waals surface area contributed by atoms with E-state index in [1.165, 1.54) is 0 Å². The number of nitrogens with zero attached hydrogens (tertiary/aromatic N) is 4. The molecule has 2 aromatic carbocycles. The molecule has 35 heavy (non-hydrogen) atoms. The number of morpholine rings is 1. The molecule has 1 aliphatic heterocycles. The lowest BCUT2D eigenvalue weighted by molar-refractivity contribution is 0.122. The normalized spacial score (nSPS) is 15.2. The Bertz CT molecular complexity index is 1490. The molecule has 6 rings (SSSR count). The zero-order chi connectivity index (χ0) is 23.8. The Morgan fingerprint density at radius 1 is 1.14 bits per heavy atom. The Labute approximate surface area is 211 Å². The van der Waals surface area contributed by atoms with Crippen molar-refractivity contribution in [1.29, 1.82) is 0 Å². The molecule has 3 aromatic heterocycles. The summed E-state index contributed by atoms with van der Waals surface area (Å²) < 4.78 is 6.70. The van der Waals surface area contributed by atoms with Gasteiger partial charge in [-0.25, -0.2) is 9.97 Å². The number of anilines is 1. The van der Waals surface area contributed by atoms with Gasteiger partial charge >= 0.3 is 0 Å². The number of rotatable bonds is 6. The van der Waals surface area contributed by atoms with Crippen molar-refractivity contribution in [2.24, 2.45) is 0 Å². The molecule has 1 saturated heterocycles. The van der Waals surface area contributed by atoms with Crippen LogP contribution in [0.15, 0.2) is 59.6 Å². The number of ether oxygens (including phenoxy) is 1. The van der Waals surface area contributed by atoms with E-state index in [-0.39, 0.29) is 6.10 Å². The average molecular weight is 504 g/mol. The van der Waals surface area contributed by atoms with Crippen LogP contribution >= 0.6 is 23.1 Å². The second-order valence-corrected chi connectivity index (χ2v) is 10.8. The van der Waals surface area contributed by atoms with Crippen LogP contribution in [0.25, 0.3) is 42.9 Å². The van der Waals surface area contributed by atoms with Crippen molar-refractivity contribution >= 4 is 50.0 Å². The summed E-state index contributed by atoms with van der Waals surface area (Å²) in [7, 11) is 0. The number of aromatic nitrogens is 4. The number of hydrogen-bond acceptors (Lipinski definition) is 8. The topological polar surface area (TPSA) is 87.2 Å². The Morgan fingerprint density at radius 2 is 2.00 bits per heavy atom. The molecule has 1 unspecified atom stereocenters. The van der Waals surface area contributed by atoms with Crippen LogP contribution in [0.4, 0.5) is 5.82 Å². The zero-order valence-corrected chi connectivity index (χ0v) is 20.9. The summed E-state index contributed by atoms with van der Waals surface area (Å²) in [5, 5.41) is 17.9. The van der Waals surface area contributed by atoms with E-state index in [2.05, 4.69) is 51.5 Å². The van der Waals surface area contributed by atoms with E-state index in [0.717, 1.165) is 60.9 Å². The highest BCUT2D eigenvalue weighted by Gasteiger charge is 2.21. The standard InChI is InChI=1S/C26H25N5O2S2/c1-16(32)15-34-18-5-2-4-17(12-18)23-13-22-24(35-23)26(31-8-10-33-11-9-31)29-25(28-22)19-6-3-7-21-20(19)14-27-30-21/h2-7,12-14,16,32H,8-11,15H2,1H3,(H,27,30). The zero-order valence-electron chi connectivity index (χ0n) is 19.3. The highest BCUT2D eigenvalue weighted by Crippen LogP contribution is 2.40. The van der Waals surface area contributed by atoms with Crippen LogP contribution in [-0.2, 0) is 4.74 Å². The summed E-state index contributed by atoms with van der Waals surface area (Å²) in [6.07, 6.45) is 1.50. The quantitative estimate of drug-likeness (QED) is 0.308. The molecule has 0 saturated carbocycles. The van der Waals surface area contributed by atoms with Crippen molar-refractivity contribution in [3.8, 4) is 21.8 Å². The fourth-order valence-corrected chi connectivity index (χ4v) is 6.22. The summed E-state index contributed by atoms with van der Waals surface area (Å²) >= 11 is 3.40. The van der Waals surface area contributed by atoms with Crippen molar-refractivity contribution in [3.63, 3.8) is 0 Å². The van der Waals surface area contributed by atoms with Gasteiger partial charge in [0.05, 0.1) is 41.2 Å². The molecule has 1 fully saturated rings.